The molecule has 1 aromatic heterocycles. The van der Waals surface area contributed by atoms with E-state index in [1.165, 1.54) is 11.0 Å². The fourth-order valence-electron chi connectivity index (χ4n) is 1.99. The Hall–Kier alpha value is -3.75. The summed E-state index contributed by atoms with van der Waals surface area (Å²) in [6.07, 6.45) is 1.44. The van der Waals surface area contributed by atoms with E-state index in [9.17, 15) is 9.59 Å². The van der Waals surface area contributed by atoms with Gasteiger partial charge in [0.1, 0.15) is 12.1 Å². The van der Waals surface area contributed by atoms with Crippen LogP contribution in [0.25, 0.3) is 5.69 Å². The minimum absolute atomic E-state index is 0.304. The number of nitrogens with one attached hydrogen (secondary N) is 2. The molecule has 3 rings (SSSR count). The molecular formula is C16H14N6O3. The third-order valence-electron chi connectivity index (χ3n) is 3.09. The van der Waals surface area contributed by atoms with Gasteiger partial charge in [-0.25, -0.2) is 9.48 Å². The van der Waals surface area contributed by atoms with Gasteiger partial charge in [-0.05, 0) is 34.7 Å². The highest BCUT2D eigenvalue weighted by atomic mass is 16.5. The molecule has 126 valence electrons. The zero-order chi connectivity index (χ0) is 17.5. The molecule has 0 saturated carbocycles. The number of aromatic nitrogens is 4. The molecule has 2 aromatic carbocycles. The number of rotatable bonds is 5. The van der Waals surface area contributed by atoms with Gasteiger partial charge in [-0.2, -0.15) is 0 Å². The number of carbonyl (C=O) groups excluding carboxylic acids is 2. The van der Waals surface area contributed by atoms with Crippen LogP contribution in [0.15, 0.2) is 60.9 Å². The molecule has 0 fully saturated rings. The Labute approximate surface area is 142 Å². The van der Waals surface area contributed by atoms with Crippen molar-refractivity contribution in [2.45, 2.75) is 0 Å². The van der Waals surface area contributed by atoms with E-state index in [0.717, 1.165) is 0 Å². The van der Waals surface area contributed by atoms with Gasteiger partial charge >= 0.3 is 6.03 Å². The second-order valence-electron chi connectivity index (χ2n) is 4.91. The van der Waals surface area contributed by atoms with Crippen molar-refractivity contribution >= 4 is 17.6 Å². The Morgan fingerprint density at radius 3 is 2.68 bits per heavy atom. The van der Waals surface area contributed by atoms with E-state index in [1.807, 2.05) is 6.07 Å². The van der Waals surface area contributed by atoms with Crippen molar-refractivity contribution in [2.75, 3.05) is 11.9 Å². The van der Waals surface area contributed by atoms with Crippen molar-refractivity contribution < 1.29 is 14.3 Å². The SMILES string of the molecule is O=C(COc1cccc(-n2cnnn2)c1)NC(=O)Nc1ccccc1. The summed E-state index contributed by atoms with van der Waals surface area (Å²) in [5.74, 6) is -0.118. The van der Waals surface area contributed by atoms with E-state index in [4.69, 9.17) is 4.74 Å². The molecule has 2 N–H and O–H groups in total. The van der Waals surface area contributed by atoms with E-state index in [2.05, 4.69) is 26.2 Å². The maximum atomic E-state index is 11.8. The van der Waals surface area contributed by atoms with Gasteiger partial charge in [0.2, 0.25) is 0 Å². The molecule has 25 heavy (non-hydrogen) atoms. The Morgan fingerprint density at radius 2 is 1.92 bits per heavy atom. The number of hydrogen-bond donors (Lipinski definition) is 2. The van der Waals surface area contributed by atoms with Crippen LogP contribution in [0.5, 0.6) is 5.75 Å². The van der Waals surface area contributed by atoms with E-state index >= 15 is 0 Å². The zero-order valence-corrected chi connectivity index (χ0v) is 13.0. The summed E-state index contributed by atoms with van der Waals surface area (Å²) in [7, 11) is 0. The number of nitrogens with zero attached hydrogens (tertiary/aromatic N) is 4. The highest BCUT2D eigenvalue weighted by molar-refractivity contribution is 6.01. The number of carbonyl (C=O) groups is 2. The first-order valence-corrected chi connectivity index (χ1v) is 7.33. The number of ether oxygens (including phenoxy) is 1. The van der Waals surface area contributed by atoms with Crippen LogP contribution in [0.1, 0.15) is 0 Å². The molecule has 0 radical (unpaired) electrons. The molecule has 0 aliphatic carbocycles. The van der Waals surface area contributed by atoms with Crippen molar-refractivity contribution in [3.63, 3.8) is 0 Å². The van der Waals surface area contributed by atoms with Gasteiger partial charge in [-0.3, -0.25) is 10.1 Å². The third-order valence-corrected chi connectivity index (χ3v) is 3.09. The summed E-state index contributed by atoms with van der Waals surface area (Å²) >= 11 is 0. The molecule has 9 heteroatoms. The number of hydrogen-bond acceptors (Lipinski definition) is 6. The molecule has 3 aromatic rings. The summed E-state index contributed by atoms with van der Waals surface area (Å²) in [5.41, 5.74) is 1.27. The van der Waals surface area contributed by atoms with Crippen molar-refractivity contribution in [1.82, 2.24) is 25.5 Å². The maximum Gasteiger partial charge on any atom is 0.325 e. The molecule has 0 spiro atoms. The smallest absolute Gasteiger partial charge is 0.325 e. The van der Waals surface area contributed by atoms with Crippen LogP contribution in [0.4, 0.5) is 10.5 Å². The van der Waals surface area contributed by atoms with Gasteiger partial charge in [0, 0.05) is 11.8 Å². The first-order valence-electron chi connectivity index (χ1n) is 7.33. The first-order chi connectivity index (χ1) is 12.2. The fourth-order valence-corrected chi connectivity index (χ4v) is 1.99. The zero-order valence-electron chi connectivity index (χ0n) is 13.0. The topological polar surface area (TPSA) is 111 Å². The number of anilines is 1. The fraction of sp³-hybridized carbons (Fsp3) is 0.0625. The Kier molecular flexibility index (Phi) is 4.95. The van der Waals surface area contributed by atoms with Gasteiger partial charge in [0.05, 0.1) is 5.69 Å². The molecule has 1 heterocycles. The van der Waals surface area contributed by atoms with Crippen LogP contribution in [0.2, 0.25) is 0 Å². The van der Waals surface area contributed by atoms with Gasteiger partial charge < -0.3 is 10.1 Å². The van der Waals surface area contributed by atoms with Crippen LogP contribution in [-0.2, 0) is 4.79 Å². The van der Waals surface area contributed by atoms with Crippen LogP contribution >= 0.6 is 0 Å². The van der Waals surface area contributed by atoms with E-state index in [1.54, 1.807) is 48.5 Å². The summed E-state index contributed by atoms with van der Waals surface area (Å²) in [4.78, 5) is 23.5. The molecule has 0 atom stereocenters. The normalized spacial score (nSPS) is 10.1. The second-order valence-corrected chi connectivity index (χ2v) is 4.91. The molecule has 0 unspecified atom stereocenters. The van der Waals surface area contributed by atoms with E-state index in [-0.39, 0.29) is 6.61 Å². The molecule has 9 nitrogen and oxygen atoms in total. The highest BCUT2D eigenvalue weighted by Crippen LogP contribution is 2.15. The highest BCUT2D eigenvalue weighted by Gasteiger charge is 2.09. The van der Waals surface area contributed by atoms with Crippen molar-refractivity contribution in [3.8, 4) is 11.4 Å². The lowest BCUT2D eigenvalue weighted by atomic mass is 10.3. The molecule has 0 saturated heterocycles. The number of urea groups is 1. The largest absolute Gasteiger partial charge is 0.484 e. The summed E-state index contributed by atoms with van der Waals surface area (Å²) < 4.78 is 6.84. The average molecular weight is 338 g/mol. The van der Waals surface area contributed by atoms with Crippen molar-refractivity contribution in [2.24, 2.45) is 0 Å². The minimum Gasteiger partial charge on any atom is -0.484 e. The quantitative estimate of drug-likeness (QED) is 0.727. The summed E-state index contributed by atoms with van der Waals surface area (Å²) in [6.45, 7) is -0.304. The summed E-state index contributed by atoms with van der Waals surface area (Å²) in [6, 6.07) is 15.1. The number of benzene rings is 2. The van der Waals surface area contributed by atoms with Crippen molar-refractivity contribution in [1.29, 1.82) is 0 Å². The Morgan fingerprint density at radius 1 is 1.08 bits per heavy atom. The predicted octanol–water partition coefficient (Wildman–Crippen LogP) is 1.39. The number of tetrazole rings is 1. The van der Waals surface area contributed by atoms with Crippen molar-refractivity contribution in [3.05, 3.63) is 60.9 Å². The maximum absolute atomic E-state index is 11.8. The first kappa shape index (κ1) is 16.1. The van der Waals surface area contributed by atoms with Crippen LogP contribution in [0.3, 0.4) is 0 Å². The predicted molar refractivity (Wildman–Crippen MR) is 88.3 cm³/mol. The van der Waals surface area contributed by atoms with Crippen LogP contribution in [-0.4, -0.2) is 38.8 Å². The molecule has 0 aliphatic heterocycles. The number of imide groups is 1. The monoisotopic (exact) mass is 338 g/mol. The van der Waals surface area contributed by atoms with Crippen LogP contribution in [0, 0.1) is 0 Å². The molecule has 0 bridgehead atoms. The lowest BCUT2D eigenvalue weighted by Crippen LogP contribution is -2.37. The average Bonchev–Trinajstić information content (AvgIpc) is 3.16. The lowest BCUT2D eigenvalue weighted by Gasteiger charge is -2.09. The third kappa shape index (κ3) is 4.61. The number of para-hydroxylation sites is 1. The second kappa shape index (κ2) is 7.68. The molecule has 0 aliphatic rings. The minimum atomic E-state index is -0.623. The van der Waals surface area contributed by atoms with E-state index in [0.29, 0.717) is 17.1 Å². The van der Waals surface area contributed by atoms with Gasteiger partial charge in [0.25, 0.3) is 5.91 Å². The molecule has 3 amide bonds. The standard InChI is InChI=1S/C16H14N6O3/c23-15(19-16(24)18-12-5-2-1-3-6-12)10-25-14-8-4-7-13(9-14)22-11-17-20-21-22/h1-9,11H,10H2,(H2,18,19,23,24). The van der Waals surface area contributed by atoms with Gasteiger partial charge in [-0.15, -0.1) is 5.10 Å². The summed E-state index contributed by atoms with van der Waals surface area (Å²) in [5, 5.41) is 15.6. The van der Waals surface area contributed by atoms with Crippen LogP contribution < -0.4 is 15.4 Å². The Balaban J connectivity index is 1.51. The van der Waals surface area contributed by atoms with Gasteiger partial charge in [-0.1, -0.05) is 24.3 Å². The molecular weight excluding hydrogens is 324 g/mol. The van der Waals surface area contributed by atoms with E-state index < -0.39 is 11.9 Å². The number of amides is 3. The Bertz CT molecular complexity index is 851. The lowest BCUT2D eigenvalue weighted by molar-refractivity contribution is -0.121. The van der Waals surface area contributed by atoms with Gasteiger partial charge in [0.15, 0.2) is 6.61 Å².